The number of rotatable bonds is 2. The first-order valence-electron chi connectivity index (χ1n) is 5.87. The van der Waals surface area contributed by atoms with Crippen LogP contribution in [0.25, 0.3) is 10.8 Å². The molecule has 0 spiro atoms. The van der Waals surface area contributed by atoms with E-state index in [0.29, 0.717) is 11.1 Å². The van der Waals surface area contributed by atoms with Crippen molar-refractivity contribution in [3.05, 3.63) is 39.8 Å². The number of fused-ring (bicyclic) bond motifs is 1. The van der Waals surface area contributed by atoms with Crippen LogP contribution in [0.15, 0.2) is 23.0 Å². The summed E-state index contributed by atoms with van der Waals surface area (Å²) in [6.07, 6.45) is 0. The molecule has 0 saturated heterocycles. The molecule has 0 aliphatic carbocycles. The minimum atomic E-state index is -0.735. The highest BCUT2D eigenvalue weighted by Gasteiger charge is 2.21. The molecular weight excluding hydrogens is 262 g/mol. The Morgan fingerprint density at radius 2 is 1.95 bits per heavy atom. The van der Waals surface area contributed by atoms with E-state index in [2.05, 4.69) is 9.72 Å². The fraction of sp³-hybridized carbons (Fsp3) is 0.214. The first-order chi connectivity index (χ1) is 9.43. The van der Waals surface area contributed by atoms with E-state index in [1.807, 2.05) is 0 Å². The standard InChI is InChI=1S/C14H13NO5/c1-7-6-9-4-5-10(20-8(2)16)12(14(18)19-3)11(9)13(17)15-7/h4-6H,1-3H3,(H,15,17). The molecule has 1 aromatic carbocycles. The van der Waals surface area contributed by atoms with Crippen molar-refractivity contribution in [1.82, 2.24) is 4.98 Å². The van der Waals surface area contributed by atoms with Gasteiger partial charge in [0.2, 0.25) is 0 Å². The molecule has 0 bridgehead atoms. The first-order valence-corrected chi connectivity index (χ1v) is 5.87. The number of aromatic amines is 1. The molecule has 2 aromatic rings. The van der Waals surface area contributed by atoms with Crippen molar-refractivity contribution in [3.63, 3.8) is 0 Å². The average molecular weight is 275 g/mol. The van der Waals surface area contributed by atoms with Gasteiger partial charge in [-0.1, -0.05) is 6.07 Å². The van der Waals surface area contributed by atoms with Gasteiger partial charge in [-0.05, 0) is 24.4 Å². The van der Waals surface area contributed by atoms with Gasteiger partial charge in [-0.25, -0.2) is 4.79 Å². The van der Waals surface area contributed by atoms with Crippen molar-refractivity contribution in [1.29, 1.82) is 0 Å². The predicted octanol–water partition coefficient (Wildman–Crippen LogP) is 1.55. The topological polar surface area (TPSA) is 85.5 Å². The van der Waals surface area contributed by atoms with Crippen LogP contribution in [0.5, 0.6) is 5.75 Å². The molecule has 0 aliphatic heterocycles. The summed E-state index contributed by atoms with van der Waals surface area (Å²) in [5.41, 5.74) is 0.175. The number of aryl methyl sites for hydroxylation is 1. The number of ether oxygens (including phenoxy) is 2. The van der Waals surface area contributed by atoms with Crippen LogP contribution in [-0.2, 0) is 9.53 Å². The third-order valence-corrected chi connectivity index (χ3v) is 2.75. The second-order valence-electron chi connectivity index (χ2n) is 4.27. The summed E-state index contributed by atoms with van der Waals surface area (Å²) in [6, 6.07) is 4.80. The lowest BCUT2D eigenvalue weighted by Gasteiger charge is -2.10. The number of aromatic nitrogens is 1. The molecule has 0 amide bonds. The molecule has 104 valence electrons. The number of pyridine rings is 1. The number of methoxy groups -OCH3 is 1. The Bertz CT molecular complexity index is 760. The van der Waals surface area contributed by atoms with E-state index in [9.17, 15) is 14.4 Å². The minimum absolute atomic E-state index is 0.00574. The highest BCUT2D eigenvalue weighted by atomic mass is 16.5. The number of carbonyl (C=O) groups excluding carboxylic acids is 2. The normalized spacial score (nSPS) is 10.3. The fourth-order valence-electron chi connectivity index (χ4n) is 2.02. The minimum Gasteiger partial charge on any atom is -0.465 e. The summed E-state index contributed by atoms with van der Waals surface area (Å²) in [7, 11) is 1.20. The molecule has 2 rings (SSSR count). The van der Waals surface area contributed by atoms with Crippen molar-refractivity contribution in [2.75, 3.05) is 7.11 Å². The third-order valence-electron chi connectivity index (χ3n) is 2.75. The van der Waals surface area contributed by atoms with E-state index in [0.717, 1.165) is 0 Å². The Labute approximate surface area is 114 Å². The van der Waals surface area contributed by atoms with Crippen molar-refractivity contribution in [3.8, 4) is 5.75 Å². The van der Waals surface area contributed by atoms with Crippen molar-refractivity contribution < 1.29 is 19.1 Å². The van der Waals surface area contributed by atoms with Crippen molar-refractivity contribution in [2.24, 2.45) is 0 Å². The van der Waals surface area contributed by atoms with Crippen LogP contribution in [0.3, 0.4) is 0 Å². The van der Waals surface area contributed by atoms with Crippen molar-refractivity contribution >= 4 is 22.7 Å². The van der Waals surface area contributed by atoms with Crippen LogP contribution in [0.1, 0.15) is 23.0 Å². The molecule has 0 atom stereocenters. The van der Waals surface area contributed by atoms with Crippen LogP contribution in [0.2, 0.25) is 0 Å². The molecule has 0 aliphatic rings. The SMILES string of the molecule is COC(=O)c1c(OC(C)=O)ccc2cc(C)[nH]c(=O)c12. The summed E-state index contributed by atoms with van der Waals surface area (Å²) in [5, 5.41) is 0.712. The Balaban J connectivity index is 2.86. The van der Waals surface area contributed by atoms with Gasteiger partial charge in [-0.15, -0.1) is 0 Å². The zero-order chi connectivity index (χ0) is 14.9. The Hall–Kier alpha value is -2.63. The second-order valence-corrected chi connectivity index (χ2v) is 4.27. The zero-order valence-electron chi connectivity index (χ0n) is 11.3. The Morgan fingerprint density at radius 1 is 1.25 bits per heavy atom. The first kappa shape index (κ1) is 13.8. The average Bonchev–Trinajstić information content (AvgIpc) is 2.37. The lowest BCUT2D eigenvalue weighted by Crippen LogP contribution is -2.16. The molecule has 0 unspecified atom stereocenters. The lowest BCUT2D eigenvalue weighted by molar-refractivity contribution is -0.131. The summed E-state index contributed by atoms with van der Waals surface area (Å²) in [6.45, 7) is 2.95. The van der Waals surface area contributed by atoms with E-state index in [4.69, 9.17) is 4.74 Å². The highest BCUT2D eigenvalue weighted by molar-refractivity contribution is 6.07. The molecule has 6 heteroatoms. The van der Waals surface area contributed by atoms with Crippen LogP contribution in [0.4, 0.5) is 0 Å². The molecule has 20 heavy (non-hydrogen) atoms. The van der Waals surface area contributed by atoms with Gasteiger partial charge in [0.15, 0.2) is 0 Å². The molecular formula is C14H13NO5. The third kappa shape index (κ3) is 2.40. The van der Waals surface area contributed by atoms with Crippen LogP contribution < -0.4 is 10.3 Å². The zero-order valence-corrected chi connectivity index (χ0v) is 11.3. The highest BCUT2D eigenvalue weighted by Crippen LogP contribution is 2.27. The number of carbonyl (C=O) groups is 2. The van der Waals surface area contributed by atoms with E-state index in [1.165, 1.54) is 20.1 Å². The number of H-pyrrole nitrogens is 1. The van der Waals surface area contributed by atoms with Gasteiger partial charge in [-0.3, -0.25) is 9.59 Å². The summed E-state index contributed by atoms with van der Waals surface area (Å²) >= 11 is 0. The molecule has 1 aromatic heterocycles. The molecule has 0 radical (unpaired) electrons. The van der Waals surface area contributed by atoms with Crippen LogP contribution >= 0.6 is 0 Å². The lowest BCUT2D eigenvalue weighted by atomic mass is 10.0. The van der Waals surface area contributed by atoms with Gasteiger partial charge in [0, 0.05) is 12.6 Å². The van der Waals surface area contributed by atoms with Gasteiger partial charge in [0.1, 0.15) is 11.3 Å². The maximum absolute atomic E-state index is 12.1. The van der Waals surface area contributed by atoms with E-state index < -0.39 is 17.5 Å². The Kier molecular flexibility index (Phi) is 3.56. The maximum Gasteiger partial charge on any atom is 0.342 e. The van der Waals surface area contributed by atoms with Gasteiger partial charge in [0.25, 0.3) is 5.56 Å². The van der Waals surface area contributed by atoms with E-state index in [-0.39, 0.29) is 16.7 Å². The number of benzene rings is 1. The monoisotopic (exact) mass is 275 g/mol. The Morgan fingerprint density at radius 3 is 2.55 bits per heavy atom. The van der Waals surface area contributed by atoms with Gasteiger partial charge in [-0.2, -0.15) is 0 Å². The molecule has 6 nitrogen and oxygen atoms in total. The maximum atomic E-state index is 12.1. The number of esters is 2. The van der Waals surface area contributed by atoms with Gasteiger partial charge >= 0.3 is 11.9 Å². The fourth-order valence-corrected chi connectivity index (χ4v) is 2.02. The van der Waals surface area contributed by atoms with Gasteiger partial charge in [0.05, 0.1) is 12.5 Å². The van der Waals surface area contributed by atoms with Crippen LogP contribution in [0, 0.1) is 6.92 Å². The summed E-state index contributed by atoms with van der Waals surface area (Å²) in [4.78, 5) is 37.7. The predicted molar refractivity (Wildman–Crippen MR) is 72.0 cm³/mol. The molecule has 1 N–H and O–H groups in total. The molecule has 1 heterocycles. The smallest absolute Gasteiger partial charge is 0.342 e. The summed E-state index contributed by atoms with van der Waals surface area (Å²) in [5.74, 6) is -1.31. The van der Waals surface area contributed by atoms with E-state index in [1.54, 1.807) is 19.1 Å². The number of hydrogen-bond acceptors (Lipinski definition) is 5. The largest absolute Gasteiger partial charge is 0.465 e. The summed E-state index contributed by atoms with van der Waals surface area (Å²) < 4.78 is 9.64. The van der Waals surface area contributed by atoms with E-state index >= 15 is 0 Å². The molecule has 0 saturated carbocycles. The number of hydrogen-bond donors (Lipinski definition) is 1. The molecule has 0 fully saturated rings. The van der Waals surface area contributed by atoms with Gasteiger partial charge < -0.3 is 14.5 Å². The second kappa shape index (κ2) is 5.16. The number of nitrogens with one attached hydrogen (secondary N) is 1. The van der Waals surface area contributed by atoms with Crippen LogP contribution in [-0.4, -0.2) is 24.0 Å². The quantitative estimate of drug-likeness (QED) is 0.664. The van der Waals surface area contributed by atoms with Crippen molar-refractivity contribution in [2.45, 2.75) is 13.8 Å².